The second-order valence-corrected chi connectivity index (χ2v) is 7.11. The van der Waals surface area contributed by atoms with E-state index in [2.05, 4.69) is 62.6 Å². The molecule has 7 heteroatoms. The van der Waals surface area contributed by atoms with Crippen molar-refractivity contribution >= 4 is 33.7 Å². The van der Waals surface area contributed by atoms with Crippen LogP contribution in [0.1, 0.15) is 37.8 Å². The minimum atomic E-state index is 0.319. The highest BCUT2D eigenvalue weighted by molar-refractivity contribution is 5.86. The van der Waals surface area contributed by atoms with Crippen molar-refractivity contribution in [1.29, 1.82) is 0 Å². The van der Waals surface area contributed by atoms with Gasteiger partial charge in [-0.1, -0.05) is 26.0 Å². The van der Waals surface area contributed by atoms with Gasteiger partial charge in [0.05, 0.1) is 6.20 Å². The molecule has 0 amide bonds. The van der Waals surface area contributed by atoms with Crippen LogP contribution in [-0.4, -0.2) is 38.2 Å². The van der Waals surface area contributed by atoms with E-state index in [1.165, 1.54) is 16.5 Å². The van der Waals surface area contributed by atoms with E-state index in [0.717, 1.165) is 42.1 Å². The minimum absolute atomic E-state index is 0.319. The maximum absolute atomic E-state index is 7.88. The van der Waals surface area contributed by atoms with Crippen LogP contribution in [0.15, 0.2) is 42.7 Å². The van der Waals surface area contributed by atoms with Crippen molar-refractivity contribution in [3.05, 3.63) is 53.9 Å². The molecular weight excluding hydrogens is 376 g/mol. The van der Waals surface area contributed by atoms with Gasteiger partial charge in [0.1, 0.15) is 17.2 Å². The lowest BCUT2D eigenvalue weighted by molar-refractivity contribution is 0.295. The molecule has 0 atom stereocenters. The fourth-order valence-corrected chi connectivity index (χ4v) is 3.11. The summed E-state index contributed by atoms with van der Waals surface area (Å²) < 4.78 is 0. The van der Waals surface area contributed by atoms with Crippen molar-refractivity contribution < 1.29 is 5.11 Å². The van der Waals surface area contributed by atoms with Crippen molar-refractivity contribution in [3.63, 3.8) is 0 Å². The van der Waals surface area contributed by atoms with Gasteiger partial charge in [-0.2, -0.15) is 0 Å². The highest BCUT2D eigenvalue weighted by Gasteiger charge is 2.07. The van der Waals surface area contributed by atoms with Crippen LogP contribution in [0, 0.1) is 6.92 Å². The first-order valence-electron chi connectivity index (χ1n) is 10.4. The van der Waals surface area contributed by atoms with Crippen LogP contribution in [0.3, 0.4) is 0 Å². The summed E-state index contributed by atoms with van der Waals surface area (Å²) in [5, 5.41) is 15.8. The van der Waals surface area contributed by atoms with Crippen molar-refractivity contribution in [2.45, 2.75) is 40.2 Å². The predicted octanol–water partition coefficient (Wildman–Crippen LogP) is 4.64. The molecule has 0 saturated heterocycles. The van der Waals surface area contributed by atoms with Gasteiger partial charge < -0.3 is 20.7 Å². The van der Waals surface area contributed by atoms with Crippen molar-refractivity contribution in [2.24, 2.45) is 0 Å². The third-order valence-corrected chi connectivity index (χ3v) is 4.64. The van der Waals surface area contributed by atoms with Crippen LogP contribution in [-0.2, 0) is 6.54 Å². The Bertz CT molecular complexity index is 1090. The Kier molecular flexibility index (Phi) is 7.57. The Morgan fingerprint density at radius 2 is 1.80 bits per heavy atom. The van der Waals surface area contributed by atoms with E-state index in [-0.39, 0.29) is 0 Å². The molecule has 0 saturated carbocycles. The molecule has 0 unspecified atom stereocenters. The van der Waals surface area contributed by atoms with E-state index in [1.54, 1.807) is 6.20 Å². The molecule has 4 aromatic rings. The summed E-state index contributed by atoms with van der Waals surface area (Å²) in [6.07, 6.45) is 5.73. The highest BCUT2D eigenvalue weighted by Crippen LogP contribution is 2.23. The number of fused-ring (bicyclic) bond motifs is 2. The van der Waals surface area contributed by atoms with E-state index in [1.807, 2.05) is 25.3 Å². The predicted molar refractivity (Wildman–Crippen MR) is 124 cm³/mol. The van der Waals surface area contributed by atoms with Gasteiger partial charge in [0, 0.05) is 36.8 Å². The third kappa shape index (κ3) is 5.24. The first kappa shape index (κ1) is 21.5. The maximum atomic E-state index is 7.88. The molecule has 7 nitrogen and oxygen atoms in total. The van der Waals surface area contributed by atoms with E-state index in [4.69, 9.17) is 5.11 Å². The molecule has 4 N–H and O–H groups in total. The molecular formula is C23H30N6O. The molecule has 0 spiro atoms. The highest BCUT2D eigenvalue weighted by atomic mass is 16.2. The van der Waals surface area contributed by atoms with Crippen LogP contribution in [0.25, 0.3) is 22.1 Å². The molecule has 0 aliphatic carbocycles. The number of benzene rings is 1. The fraction of sp³-hybridized carbons (Fsp3) is 0.348. The summed E-state index contributed by atoms with van der Waals surface area (Å²) in [7, 11) is 0. The number of aryl methyl sites for hydroxylation is 1. The summed E-state index contributed by atoms with van der Waals surface area (Å²) in [6.45, 7) is 8.07. The lowest BCUT2D eigenvalue weighted by atomic mass is 10.1. The number of aromatic nitrogens is 4. The number of nitrogens with zero attached hydrogens (tertiary/aromatic N) is 3. The number of hydrogen-bond donors (Lipinski definition) is 4. The molecule has 3 aromatic heterocycles. The summed E-state index contributed by atoms with van der Waals surface area (Å²) in [5.74, 6) is 1.56. The van der Waals surface area contributed by atoms with Gasteiger partial charge in [0.15, 0.2) is 5.65 Å². The number of hydrogen-bond acceptors (Lipinski definition) is 6. The number of aliphatic hydroxyl groups is 1. The first-order valence-corrected chi connectivity index (χ1v) is 10.4. The first-order chi connectivity index (χ1) is 14.7. The zero-order valence-corrected chi connectivity index (χ0v) is 17.9. The number of aliphatic hydroxyl groups excluding tert-OH is 1. The Balaban J connectivity index is 0.000000589. The SMILES string of the molecule is CCCNc1ccc2ncc(NCc3cccc4[nH]cc(C)c34)nc2n1.CCCO. The number of pyridine rings is 1. The van der Waals surface area contributed by atoms with Crippen molar-refractivity contribution in [2.75, 3.05) is 23.8 Å². The third-order valence-electron chi connectivity index (χ3n) is 4.64. The Morgan fingerprint density at radius 1 is 1.00 bits per heavy atom. The van der Waals surface area contributed by atoms with Crippen LogP contribution < -0.4 is 10.6 Å². The van der Waals surface area contributed by atoms with E-state index < -0.39 is 0 Å². The summed E-state index contributed by atoms with van der Waals surface area (Å²) in [5.41, 5.74) is 5.07. The van der Waals surface area contributed by atoms with Gasteiger partial charge in [-0.15, -0.1) is 0 Å². The van der Waals surface area contributed by atoms with Crippen molar-refractivity contribution in [3.8, 4) is 0 Å². The van der Waals surface area contributed by atoms with Gasteiger partial charge in [-0.05, 0) is 49.1 Å². The molecule has 1 aromatic carbocycles. The average molecular weight is 407 g/mol. The van der Waals surface area contributed by atoms with Gasteiger partial charge in [0.2, 0.25) is 0 Å². The molecule has 0 radical (unpaired) electrons. The van der Waals surface area contributed by atoms with Gasteiger partial charge in [0.25, 0.3) is 0 Å². The Morgan fingerprint density at radius 3 is 2.57 bits per heavy atom. The van der Waals surface area contributed by atoms with Gasteiger partial charge >= 0.3 is 0 Å². The topological polar surface area (TPSA) is 98.8 Å². The van der Waals surface area contributed by atoms with Gasteiger partial charge in [-0.3, -0.25) is 0 Å². The molecule has 158 valence electrons. The maximum Gasteiger partial charge on any atom is 0.182 e. The zero-order chi connectivity index (χ0) is 21.3. The summed E-state index contributed by atoms with van der Waals surface area (Å²) >= 11 is 0. The van der Waals surface area contributed by atoms with Crippen molar-refractivity contribution in [1.82, 2.24) is 19.9 Å². The molecule has 0 aliphatic heterocycles. The molecule has 30 heavy (non-hydrogen) atoms. The summed E-state index contributed by atoms with van der Waals surface area (Å²) in [4.78, 5) is 16.9. The fourth-order valence-electron chi connectivity index (χ4n) is 3.11. The second kappa shape index (κ2) is 10.5. The average Bonchev–Trinajstić information content (AvgIpc) is 3.17. The summed E-state index contributed by atoms with van der Waals surface area (Å²) in [6, 6.07) is 10.2. The second-order valence-electron chi connectivity index (χ2n) is 7.11. The number of aromatic amines is 1. The molecule has 4 rings (SSSR count). The van der Waals surface area contributed by atoms with Crippen LogP contribution >= 0.6 is 0 Å². The molecule has 0 bridgehead atoms. The number of H-pyrrole nitrogens is 1. The number of anilines is 2. The van der Waals surface area contributed by atoms with E-state index in [0.29, 0.717) is 18.8 Å². The van der Waals surface area contributed by atoms with E-state index in [9.17, 15) is 0 Å². The largest absolute Gasteiger partial charge is 0.396 e. The quantitative estimate of drug-likeness (QED) is 0.357. The molecule has 3 heterocycles. The smallest absolute Gasteiger partial charge is 0.182 e. The zero-order valence-electron chi connectivity index (χ0n) is 17.9. The monoisotopic (exact) mass is 406 g/mol. The van der Waals surface area contributed by atoms with Crippen LogP contribution in [0.5, 0.6) is 0 Å². The van der Waals surface area contributed by atoms with Crippen LogP contribution in [0.4, 0.5) is 11.6 Å². The number of nitrogens with one attached hydrogen (secondary N) is 3. The normalized spacial score (nSPS) is 10.7. The Hall–Kier alpha value is -3.19. The Labute approximate surface area is 177 Å². The molecule has 0 aliphatic rings. The molecule has 0 fully saturated rings. The lowest BCUT2D eigenvalue weighted by Crippen LogP contribution is -2.05. The van der Waals surface area contributed by atoms with E-state index >= 15 is 0 Å². The van der Waals surface area contributed by atoms with Gasteiger partial charge in [-0.25, -0.2) is 15.0 Å². The lowest BCUT2D eigenvalue weighted by Gasteiger charge is -2.09. The standard InChI is InChI=1S/C20H22N6.C3H8O/c1-3-9-21-17-8-7-16-20(25-17)26-18(12-23-16)24-11-14-5-4-6-15-19(14)13(2)10-22-15;1-2-3-4/h4-8,10,12,22H,3,9,11H2,1-2H3,(H2,21,24,25,26);4H,2-3H2,1H3. The minimum Gasteiger partial charge on any atom is -0.396 e. The number of rotatable bonds is 7. The van der Waals surface area contributed by atoms with Crippen LogP contribution in [0.2, 0.25) is 0 Å².